The summed E-state index contributed by atoms with van der Waals surface area (Å²) in [6, 6.07) is -0.175. The Bertz CT molecular complexity index is 273. The first-order chi connectivity index (χ1) is 11.0. The van der Waals surface area contributed by atoms with Crippen LogP contribution in [0.1, 0.15) is 83.0 Å². The van der Waals surface area contributed by atoms with Crippen LogP contribution in [0, 0.1) is 5.41 Å². The summed E-state index contributed by atoms with van der Waals surface area (Å²) in [5.41, 5.74) is 6.01. The van der Waals surface area contributed by atoms with Crippen LogP contribution in [0.2, 0.25) is 0 Å². The first-order valence-electron chi connectivity index (χ1n) is 9.19. The Labute approximate surface area is 146 Å². The highest BCUT2D eigenvalue weighted by Crippen LogP contribution is 2.20. The van der Waals surface area contributed by atoms with Crippen LogP contribution >= 0.6 is 0 Å². The van der Waals surface area contributed by atoms with Crippen LogP contribution in [-0.4, -0.2) is 25.2 Å². The molecule has 0 aromatic rings. The number of hydrogen-bond acceptors (Lipinski definition) is 4. The van der Waals surface area contributed by atoms with E-state index < -0.39 is 0 Å². The summed E-state index contributed by atoms with van der Waals surface area (Å²) >= 11 is 0. The van der Waals surface area contributed by atoms with E-state index in [-0.39, 0.29) is 18.9 Å². The quantitative estimate of drug-likeness (QED) is 0.555. The van der Waals surface area contributed by atoms with Gasteiger partial charge < -0.3 is 4.74 Å². The van der Waals surface area contributed by atoms with E-state index >= 15 is 0 Å². The van der Waals surface area contributed by atoms with Gasteiger partial charge in [0.2, 0.25) is 0 Å². The third-order valence-corrected chi connectivity index (χ3v) is 3.25. The molecule has 4 nitrogen and oxygen atoms in total. The lowest BCUT2D eigenvalue weighted by atomic mass is 9.92. The molecule has 0 spiro atoms. The first kappa shape index (κ1) is 27.0. The van der Waals surface area contributed by atoms with Gasteiger partial charge in [-0.15, -0.1) is 0 Å². The summed E-state index contributed by atoms with van der Waals surface area (Å²) in [4.78, 5) is 11.6. The van der Waals surface area contributed by atoms with Crippen LogP contribution in [0.15, 0.2) is 12.2 Å². The molecular formula is C19H44N2O2. The maximum Gasteiger partial charge on any atom is 0.324 e. The minimum atomic E-state index is -0.175. The van der Waals surface area contributed by atoms with Crippen molar-refractivity contribution in [1.29, 1.82) is 0 Å². The van der Waals surface area contributed by atoms with Crippen LogP contribution in [0.4, 0.5) is 0 Å². The van der Waals surface area contributed by atoms with Crippen molar-refractivity contribution in [3.05, 3.63) is 12.2 Å². The number of hydrazine groups is 1. The predicted molar refractivity (Wildman–Crippen MR) is 104 cm³/mol. The summed E-state index contributed by atoms with van der Waals surface area (Å²) in [7, 11) is 0. The van der Waals surface area contributed by atoms with E-state index in [1.54, 1.807) is 0 Å². The van der Waals surface area contributed by atoms with Crippen molar-refractivity contribution in [2.75, 3.05) is 13.2 Å². The molecule has 1 saturated heterocycles. The van der Waals surface area contributed by atoms with Gasteiger partial charge in [-0.05, 0) is 38.5 Å². The van der Waals surface area contributed by atoms with Crippen LogP contribution in [0.25, 0.3) is 0 Å². The smallest absolute Gasteiger partial charge is 0.324 e. The van der Waals surface area contributed by atoms with Gasteiger partial charge in [0, 0.05) is 7.97 Å². The number of hydrogen-bond donors (Lipinski definition) is 2. The molecule has 0 aromatic carbocycles. The molecule has 1 fully saturated rings. The molecule has 1 rings (SSSR count). The van der Waals surface area contributed by atoms with Gasteiger partial charge in [-0.3, -0.25) is 10.2 Å². The molecule has 1 heterocycles. The molecule has 1 aliphatic heterocycles. The number of ether oxygens (including phenoxy) is 1. The highest BCUT2D eigenvalue weighted by molar-refractivity contribution is 5.75. The number of esters is 1. The van der Waals surface area contributed by atoms with Gasteiger partial charge in [-0.2, -0.15) is 0 Å². The maximum atomic E-state index is 11.6. The van der Waals surface area contributed by atoms with E-state index in [2.05, 4.69) is 31.6 Å². The van der Waals surface area contributed by atoms with E-state index in [9.17, 15) is 4.79 Å². The van der Waals surface area contributed by atoms with E-state index in [1.807, 2.05) is 53.7 Å². The fraction of sp³-hybridized carbons (Fsp3) is 0.842. The molecular weight excluding hydrogens is 288 g/mol. The number of nitrogens with one attached hydrogen (secondary N) is 2. The average Bonchev–Trinajstić information content (AvgIpc) is 2.64. The van der Waals surface area contributed by atoms with Crippen LogP contribution in [0.5, 0.6) is 0 Å². The maximum absolute atomic E-state index is 11.6. The van der Waals surface area contributed by atoms with E-state index in [1.165, 1.54) is 0 Å². The Kier molecular flexibility index (Phi) is 22.5. The Morgan fingerprint density at radius 1 is 1.22 bits per heavy atom. The monoisotopic (exact) mass is 332 g/mol. The number of allylic oxidation sites excluding steroid dienone is 2. The molecule has 0 aliphatic carbocycles. The summed E-state index contributed by atoms with van der Waals surface area (Å²) in [5.74, 6) is -0.135. The lowest BCUT2D eigenvalue weighted by molar-refractivity contribution is -0.150. The zero-order chi connectivity index (χ0) is 18.7. The molecule has 142 valence electrons. The van der Waals surface area contributed by atoms with Gasteiger partial charge in [0.15, 0.2) is 0 Å². The van der Waals surface area contributed by atoms with E-state index in [0.717, 1.165) is 25.8 Å². The molecule has 0 bridgehead atoms. The normalized spacial score (nSPS) is 16.8. The van der Waals surface area contributed by atoms with Crippen molar-refractivity contribution in [2.24, 2.45) is 5.41 Å². The van der Waals surface area contributed by atoms with Crippen molar-refractivity contribution >= 4 is 5.97 Å². The molecule has 1 atom stereocenters. The largest absolute Gasteiger partial charge is 0.464 e. The van der Waals surface area contributed by atoms with Crippen molar-refractivity contribution in [3.63, 3.8) is 0 Å². The van der Waals surface area contributed by atoms with Crippen LogP contribution in [-0.2, 0) is 9.53 Å². The predicted octanol–water partition coefficient (Wildman–Crippen LogP) is 5.10. The number of carbonyl (C=O) groups excluding carboxylic acids is 1. The Hall–Kier alpha value is -0.870. The lowest BCUT2D eigenvalue weighted by Gasteiger charge is -2.26. The van der Waals surface area contributed by atoms with Crippen molar-refractivity contribution < 1.29 is 11.0 Å². The second-order valence-electron chi connectivity index (χ2n) is 5.56. The molecule has 23 heavy (non-hydrogen) atoms. The zero-order valence-corrected chi connectivity index (χ0v) is 17.1. The minimum Gasteiger partial charge on any atom is -0.464 e. The van der Waals surface area contributed by atoms with Gasteiger partial charge in [-0.1, -0.05) is 60.6 Å². The van der Waals surface area contributed by atoms with Gasteiger partial charge in [0.05, 0.1) is 6.61 Å². The molecule has 0 amide bonds. The number of carbonyl (C=O) groups is 1. The summed E-state index contributed by atoms with van der Waals surface area (Å²) in [5, 5.41) is 0. The van der Waals surface area contributed by atoms with Crippen LogP contribution in [0.3, 0.4) is 0 Å². The lowest BCUT2D eigenvalue weighted by Crippen LogP contribution is -2.50. The summed E-state index contributed by atoms with van der Waals surface area (Å²) in [6.07, 6.45) is 6.89. The molecule has 0 radical (unpaired) electrons. The Morgan fingerprint density at radius 2 is 1.74 bits per heavy atom. The second kappa shape index (κ2) is 19.2. The Balaban J connectivity index is -0.000000191. The molecule has 0 unspecified atom stereocenters. The van der Waals surface area contributed by atoms with Crippen molar-refractivity contribution in [1.82, 2.24) is 10.9 Å². The van der Waals surface area contributed by atoms with Crippen LogP contribution < -0.4 is 10.9 Å². The van der Waals surface area contributed by atoms with Crippen molar-refractivity contribution in [2.45, 2.75) is 87.6 Å². The molecule has 0 saturated carbocycles. The summed E-state index contributed by atoms with van der Waals surface area (Å²) < 4.78 is 5.30. The highest BCUT2D eigenvalue weighted by Gasteiger charge is 2.24. The highest BCUT2D eigenvalue weighted by atomic mass is 16.5. The third kappa shape index (κ3) is 17.3. The van der Waals surface area contributed by atoms with E-state index in [0.29, 0.717) is 6.61 Å². The molecule has 2 N–H and O–H groups in total. The fourth-order valence-corrected chi connectivity index (χ4v) is 1.31. The van der Waals surface area contributed by atoms with E-state index in [4.69, 9.17) is 4.74 Å². The Morgan fingerprint density at radius 3 is 2.09 bits per heavy atom. The number of rotatable bonds is 4. The molecule has 4 heteroatoms. The SMILES string of the molecule is C/C=C/C.CC.CC.CCC(C)(C)COC(=O)[C@@H]1CCCNN1.[HH]. The molecule has 1 aliphatic rings. The second-order valence-corrected chi connectivity index (χ2v) is 5.56. The van der Waals surface area contributed by atoms with Gasteiger partial charge >= 0.3 is 5.97 Å². The van der Waals surface area contributed by atoms with Gasteiger partial charge in [-0.25, -0.2) is 5.43 Å². The minimum absolute atomic E-state index is 0. The third-order valence-electron chi connectivity index (χ3n) is 3.25. The van der Waals surface area contributed by atoms with Gasteiger partial charge in [0.25, 0.3) is 0 Å². The average molecular weight is 333 g/mol. The first-order valence-corrected chi connectivity index (χ1v) is 9.19. The topological polar surface area (TPSA) is 50.4 Å². The molecule has 0 aromatic heterocycles. The zero-order valence-electron chi connectivity index (χ0n) is 17.1. The summed E-state index contributed by atoms with van der Waals surface area (Å²) in [6.45, 7) is 19.7. The fourth-order valence-electron chi connectivity index (χ4n) is 1.31. The standard InChI is InChI=1S/C11H22N2O2.C4H8.2C2H6.H2/c1-4-11(2,3)8-15-10(14)9-6-5-7-12-13-9;1-3-4-2;2*1-2;/h9,12-13H,4-8H2,1-3H3;3-4H,1-2H3;2*1-2H3;1H/b;4-3+;;;/t9-;;;;/m0..../s1. The van der Waals surface area contributed by atoms with Gasteiger partial charge in [0.1, 0.15) is 6.04 Å². The van der Waals surface area contributed by atoms with Crippen molar-refractivity contribution in [3.8, 4) is 0 Å².